The van der Waals surface area contributed by atoms with E-state index in [0.717, 1.165) is 70.6 Å². The minimum absolute atomic E-state index is 0.191. The molecule has 0 spiro atoms. The van der Waals surface area contributed by atoms with Crippen LogP contribution in [0, 0.1) is 5.92 Å². The van der Waals surface area contributed by atoms with Crippen molar-refractivity contribution in [2.45, 2.75) is 62.4 Å². The molecule has 9 rings (SSSR count). The zero-order valence-electron chi connectivity index (χ0n) is 31.0. The van der Waals surface area contributed by atoms with E-state index in [2.05, 4.69) is 91.0 Å². The Labute approximate surface area is 321 Å². The lowest BCUT2D eigenvalue weighted by Gasteiger charge is -2.46. The monoisotopic (exact) mass is 740 g/mol. The summed E-state index contributed by atoms with van der Waals surface area (Å²) in [5.41, 5.74) is 7.67. The highest BCUT2D eigenvalue weighted by Gasteiger charge is 2.36. The topological polar surface area (TPSA) is 127 Å². The van der Waals surface area contributed by atoms with Crippen LogP contribution in [0.3, 0.4) is 0 Å². The highest BCUT2D eigenvalue weighted by molar-refractivity contribution is 6.03. The number of anilines is 2. The Morgan fingerprint density at radius 3 is 2.49 bits per heavy atom. The van der Waals surface area contributed by atoms with E-state index in [1.165, 1.54) is 27.9 Å². The predicted octanol–water partition coefficient (Wildman–Crippen LogP) is 4.98. The van der Waals surface area contributed by atoms with E-state index in [0.29, 0.717) is 30.1 Å². The number of hydrogen-bond donors (Lipinski definition) is 3. The molecule has 284 valence electrons. The maximum absolute atomic E-state index is 12.9. The molecule has 55 heavy (non-hydrogen) atoms. The number of piperidine rings is 2. The summed E-state index contributed by atoms with van der Waals surface area (Å²) in [6.07, 6.45) is 4.83. The van der Waals surface area contributed by atoms with Crippen molar-refractivity contribution in [1.82, 2.24) is 20.5 Å². The lowest BCUT2D eigenvalue weighted by molar-refractivity contribution is -0.134. The first-order valence-corrected chi connectivity index (χ1v) is 19.9. The molecule has 3 fully saturated rings. The van der Waals surface area contributed by atoms with Gasteiger partial charge in [-0.25, -0.2) is 4.98 Å². The Morgan fingerprint density at radius 1 is 0.873 bits per heavy atom. The van der Waals surface area contributed by atoms with Gasteiger partial charge in [-0.3, -0.25) is 24.6 Å². The number of aromatic nitrogens is 1. The van der Waals surface area contributed by atoms with Crippen molar-refractivity contribution in [1.29, 1.82) is 0 Å². The quantitative estimate of drug-likeness (QED) is 0.225. The molecule has 5 heterocycles. The molecule has 3 saturated heterocycles. The number of hydrogen-bond acceptors (Lipinski definition) is 9. The number of carbonyl (C=O) groups excluding carboxylic acids is 3. The smallest absolute Gasteiger partial charge is 0.270 e. The van der Waals surface area contributed by atoms with Crippen molar-refractivity contribution < 1.29 is 24.2 Å². The van der Waals surface area contributed by atoms with Crippen LogP contribution in [0.2, 0.25) is 0 Å². The molecular weight excluding hydrogens is 693 g/mol. The molecule has 11 nitrogen and oxygen atoms in total. The zero-order chi connectivity index (χ0) is 37.5. The fourth-order valence-corrected chi connectivity index (χ4v) is 9.58. The number of nitrogens with zero attached hydrogens (tertiary/aromatic N) is 4. The van der Waals surface area contributed by atoms with Gasteiger partial charge < -0.3 is 25.0 Å². The van der Waals surface area contributed by atoms with E-state index in [1.807, 2.05) is 18.2 Å². The van der Waals surface area contributed by atoms with E-state index in [-0.39, 0.29) is 36.4 Å². The first-order valence-electron chi connectivity index (χ1n) is 19.9. The van der Waals surface area contributed by atoms with Crippen LogP contribution >= 0.6 is 0 Å². The SMILES string of the molecule is O=C1CCC(NC(=O)c2ccc3c(n2)OC[C@H]2CN(CC4CCN(c5ccc([C@@H]6c7ccc(O)cc7CC[C@@H]6c6ccccc6)cc5)CC4)CCN32)C(=O)N1. The van der Waals surface area contributed by atoms with Crippen LogP contribution in [0.4, 0.5) is 11.4 Å². The molecule has 11 heteroatoms. The van der Waals surface area contributed by atoms with Gasteiger partial charge in [0.05, 0.1) is 6.04 Å². The maximum atomic E-state index is 12.9. The highest BCUT2D eigenvalue weighted by Crippen LogP contribution is 2.47. The van der Waals surface area contributed by atoms with Gasteiger partial charge >= 0.3 is 0 Å². The number of benzene rings is 3. The van der Waals surface area contributed by atoms with Gasteiger partial charge in [-0.1, -0.05) is 48.5 Å². The first-order chi connectivity index (χ1) is 26.9. The number of phenols is 1. The predicted molar refractivity (Wildman–Crippen MR) is 210 cm³/mol. The summed E-state index contributed by atoms with van der Waals surface area (Å²) in [6, 6.07) is 29.2. The van der Waals surface area contributed by atoms with Crippen molar-refractivity contribution in [3.8, 4) is 11.6 Å². The van der Waals surface area contributed by atoms with Gasteiger partial charge in [-0.2, -0.15) is 0 Å². The number of amides is 3. The molecule has 1 unspecified atom stereocenters. The summed E-state index contributed by atoms with van der Waals surface area (Å²) in [5, 5.41) is 15.2. The Bertz CT molecular complexity index is 2070. The molecule has 1 aliphatic carbocycles. The van der Waals surface area contributed by atoms with Crippen LogP contribution in [0.5, 0.6) is 11.6 Å². The normalized spacial score (nSPS) is 24.2. The van der Waals surface area contributed by atoms with Crippen molar-refractivity contribution >= 4 is 29.1 Å². The lowest BCUT2D eigenvalue weighted by Crippen LogP contribution is -2.58. The van der Waals surface area contributed by atoms with Crippen LogP contribution < -0.4 is 25.2 Å². The third-order valence-electron chi connectivity index (χ3n) is 12.5. The van der Waals surface area contributed by atoms with Crippen molar-refractivity contribution in [3.05, 3.63) is 113 Å². The number of aryl methyl sites for hydroxylation is 1. The number of rotatable bonds is 7. The van der Waals surface area contributed by atoms with Gasteiger partial charge in [0.1, 0.15) is 29.8 Å². The van der Waals surface area contributed by atoms with Gasteiger partial charge in [-0.05, 0) is 103 Å². The molecule has 0 bridgehead atoms. The van der Waals surface area contributed by atoms with Gasteiger partial charge in [0.25, 0.3) is 5.91 Å². The molecule has 4 atom stereocenters. The Hall–Kier alpha value is -5.42. The number of pyridine rings is 1. The number of phenolic OH excluding ortho intramolecular Hbond substituents is 1. The van der Waals surface area contributed by atoms with Crippen molar-refractivity contribution in [2.24, 2.45) is 5.92 Å². The summed E-state index contributed by atoms with van der Waals surface area (Å²) in [6.45, 7) is 6.44. The summed E-state index contributed by atoms with van der Waals surface area (Å²) in [4.78, 5) is 48.5. The van der Waals surface area contributed by atoms with Gasteiger partial charge in [0.2, 0.25) is 17.7 Å². The molecular formula is C44H48N6O5. The summed E-state index contributed by atoms with van der Waals surface area (Å²) >= 11 is 0. The molecule has 4 aliphatic heterocycles. The van der Waals surface area contributed by atoms with Crippen LogP contribution in [-0.4, -0.2) is 90.7 Å². The molecule has 5 aliphatic rings. The summed E-state index contributed by atoms with van der Waals surface area (Å²) < 4.78 is 6.11. The average Bonchev–Trinajstić information content (AvgIpc) is 3.21. The third-order valence-corrected chi connectivity index (χ3v) is 12.5. The zero-order valence-corrected chi connectivity index (χ0v) is 31.0. The Balaban J connectivity index is 0.788. The first kappa shape index (κ1) is 35.3. The third kappa shape index (κ3) is 7.25. The van der Waals surface area contributed by atoms with Crippen LogP contribution in [-0.2, 0) is 16.0 Å². The number of aromatic hydroxyl groups is 1. The Morgan fingerprint density at radius 2 is 1.69 bits per heavy atom. The van der Waals surface area contributed by atoms with E-state index in [1.54, 1.807) is 6.07 Å². The fraction of sp³-hybridized carbons (Fsp3) is 0.409. The second kappa shape index (κ2) is 15.0. The standard InChI is InChI=1S/C44H48N6O5/c51-34-11-13-36-31(24-34)8-12-35(29-4-2-1-3-5-29)41(36)30-6-9-32(10-7-30)49-20-18-28(19-21-49)25-48-22-23-50-33(26-48)27-55-44-39(50)16-14-38(46-44)42(53)45-37-15-17-40(52)47-43(37)54/h1-7,9-11,13-14,16,24,28,33,35,37,41,51H,8,12,15,17-23,25-27H2,(H,45,53)(H,47,52,54)/t33-,35-,37?,41+/m1/s1. The minimum atomic E-state index is -0.752. The minimum Gasteiger partial charge on any atom is -0.508 e. The molecule has 0 radical (unpaired) electrons. The molecule has 3 amide bonds. The fourth-order valence-electron chi connectivity index (χ4n) is 9.58. The number of imide groups is 1. The number of nitrogens with one attached hydrogen (secondary N) is 2. The van der Waals surface area contributed by atoms with E-state index < -0.39 is 17.9 Å². The largest absolute Gasteiger partial charge is 0.508 e. The van der Waals surface area contributed by atoms with Gasteiger partial charge in [-0.15, -0.1) is 0 Å². The maximum Gasteiger partial charge on any atom is 0.270 e. The second-order valence-corrected chi connectivity index (χ2v) is 15.9. The number of carbonyl (C=O) groups is 3. The van der Waals surface area contributed by atoms with Crippen LogP contribution in [0.15, 0.2) is 84.9 Å². The molecule has 1 aromatic heterocycles. The number of piperazine rings is 1. The van der Waals surface area contributed by atoms with E-state index in [9.17, 15) is 19.5 Å². The lowest BCUT2D eigenvalue weighted by atomic mass is 9.69. The second-order valence-electron chi connectivity index (χ2n) is 15.9. The molecule has 0 saturated carbocycles. The summed E-state index contributed by atoms with van der Waals surface area (Å²) in [5.74, 6) is 0.817. The number of fused-ring (bicyclic) bond motifs is 4. The highest BCUT2D eigenvalue weighted by atomic mass is 16.5. The van der Waals surface area contributed by atoms with Gasteiger partial charge in [0, 0.05) is 57.3 Å². The average molecular weight is 741 g/mol. The summed E-state index contributed by atoms with van der Waals surface area (Å²) in [7, 11) is 0. The van der Waals surface area contributed by atoms with E-state index in [4.69, 9.17) is 4.74 Å². The molecule has 3 N–H and O–H groups in total. The van der Waals surface area contributed by atoms with Crippen LogP contribution in [0.1, 0.15) is 76.7 Å². The molecule has 3 aromatic carbocycles. The van der Waals surface area contributed by atoms with Crippen LogP contribution in [0.25, 0.3) is 0 Å². The number of ether oxygens (including phenoxy) is 1. The van der Waals surface area contributed by atoms with Gasteiger partial charge in [0.15, 0.2) is 0 Å². The van der Waals surface area contributed by atoms with E-state index >= 15 is 0 Å². The Kier molecular flexibility index (Phi) is 9.64. The molecule has 4 aromatic rings. The van der Waals surface area contributed by atoms with Crippen molar-refractivity contribution in [3.63, 3.8) is 0 Å². The van der Waals surface area contributed by atoms with Crippen molar-refractivity contribution in [2.75, 3.05) is 55.7 Å².